The SMILES string of the molecule is COC1(C)CC(NC(=O)CC(C)N)C1(C)C. The number of ether oxygens (including phenoxy) is 1. The van der Waals surface area contributed by atoms with E-state index in [0.29, 0.717) is 6.42 Å². The van der Waals surface area contributed by atoms with Gasteiger partial charge in [0.2, 0.25) is 5.91 Å². The smallest absolute Gasteiger partial charge is 0.221 e. The minimum atomic E-state index is -0.140. The molecule has 3 unspecified atom stereocenters. The number of carbonyl (C=O) groups excluding carboxylic acids is 1. The van der Waals surface area contributed by atoms with Crippen molar-refractivity contribution < 1.29 is 9.53 Å². The number of nitrogens with two attached hydrogens (primary N) is 1. The largest absolute Gasteiger partial charge is 0.378 e. The molecule has 1 saturated carbocycles. The van der Waals surface area contributed by atoms with Crippen LogP contribution in [0.1, 0.15) is 40.5 Å². The minimum absolute atomic E-state index is 0.0325. The van der Waals surface area contributed by atoms with Crippen LogP contribution in [0.25, 0.3) is 0 Å². The van der Waals surface area contributed by atoms with Crippen LogP contribution < -0.4 is 11.1 Å². The lowest BCUT2D eigenvalue weighted by Gasteiger charge is -2.59. The fourth-order valence-corrected chi connectivity index (χ4v) is 2.27. The zero-order valence-electron chi connectivity index (χ0n) is 11.0. The summed E-state index contributed by atoms with van der Waals surface area (Å²) in [5.41, 5.74) is 5.42. The highest BCUT2D eigenvalue weighted by Crippen LogP contribution is 2.51. The van der Waals surface area contributed by atoms with Crippen molar-refractivity contribution in [2.75, 3.05) is 7.11 Å². The van der Waals surface area contributed by atoms with Crippen LogP contribution in [0.4, 0.5) is 0 Å². The lowest BCUT2D eigenvalue weighted by molar-refractivity contribution is -0.182. The Hall–Kier alpha value is -0.610. The predicted molar refractivity (Wildman–Crippen MR) is 64.0 cm³/mol. The highest BCUT2D eigenvalue weighted by molar-refractivity contribution is 5.77. The monoisotopic (exact) mass is 228 g/mol. The van der Waals surface area contributed by atoms with E-state index in [2.05, 4.69) is 26.1 Å². The molecule has 0 aromatic heterocycles. The van der Waals surface area contributed by atoms with Gasteiger partial charge in [0.15, 0.2) is 0 Å². The van der Waals surface area contributed by atoms with E-state index in [-0.39, 0.29) is 29.0 Å². The lowest BCUT2D eigenvalue weighted by Crippen LogP contribution is -2.68. The number of carbonyl (C=O) groups is 1. The second-order valence-electron chi connectivity index (χ2n) is 5.66. The molecule has 16 heavy (non-hydrogen) atoms. The van der Waals surface area contributed by atoms with Crippen LogP contribution in [-0.4, -0.2) is 30.7 Å². The molecule has 0 heterocycles. The molecule has 1 rings (SSSR count). The van der Waals surface area contributed by atoms with Gasteiger partial charge in [-0.1, -0.05) is 13.8 Å². The van der Waals surface area contributed by atoms with Gasteiger partial charge < -0.3 is 15.8 Å². The van der Waals surface area contributed by atoms with Gasteiger partial charge in [-0.2, -0.15) is 0 Å². The summed E-state index contributed by atoms with van der Waals surface area (Å²) >= 11 is 0. The predicted octanol–water partition coefficient (Wildman–Crippen LogP) is 1.04. The zero-order chi connectivity index (χ0) is 12.6. The van der Waals surface area contributed by atoms with E-state index in [1.165, 1.54) is 0 Å². The van der Waals surface area contributed by atoms with Gasteiger partial charge in [-0.3, -0.25) is 4.79 Å². The molecule has 4 heteroatoms. The molecule has 94 valence electrons. The van der Waals surface area contributed by atoms with Gasteiger partial charge in [0.05, 0.1) is 5.60 Å². The summed E-state index contributed by atoms with van der Waals surface area (Å²) in [6.45, 7) is 8.17. The molecular weight excluding hydrogens is 204 g/mol. The van der Waals surface area contributed by atoms with Crippen LogP contribution in [-0.2, 0) is 9.53 Å². The van der Waals surface area contributed by atoms with Gasteiger partial charge >= 0.3 is 0 Å². The van der Waals surface area contributed by atoms with E-state index in [1.54, 1.807) is 7.11 Å². The molecular formula is C12H24N2O2. The van der Waals surface area contributed by atoms with Crippen LogP contribution in [0, 0.1) is 5.41 Å². The van der Waals surface area contributed by atoms with Crippen molar-refractivity contribution >= 4 is 5.91 Å². The van der Waals surface area contributed by atoms with E-state index < -0.39 is 0 Å². The molecule has 1 aliphatic carbocycles. The normalized spacial score (nSPS) is 34.0. The second-order valence-corrected chi connectivity index (χ2v) is 5.66. The molecule has 0 aromatic carbocycles. The van der Waals surface area contributed by atoms with Crippen molar-refractivity contribution in [3.05, 3.63) is 0 Å². The first kappa shape index (κ1) is 13.5. The molecule has 0 aromatic rings. The van der Waals surface area contributed by atoms with Crippen molar-refractivity contribution in [1.29, 1.82) is 0 Å². The summed E-state index contributed by atoms with van der Waals surface area (Å²) in [5.74, 6) is 0.0335. The summed E-state index contributed by atoms with van der Waals surface area (Å²) in [6, 6.07) is 0.0979. The summed E-state index contributed by atoms with van der Waals surface area (Å²) in [6.07, 6.45) is 1.25. The fourth-order valence-electron chi connectivity index (χ4n) is 2.27. The number of nitrogens with one attached hydrogen (secondary N) is 1. The molecule has 0 aliphatic heterocycles. The van der Waals surface area contributed by atoms with E-state index in [1.807, 2.05) is 6.92 Å². The van der Waals surface area contributed by atoms with Gasteiger partial charge in [-0.15, -0.1) is 0 Å². The number of methoxy groups -OCH3 is 1. The highest BCUT2D eigenvalue weighted by atomic mass is 16.5. The zero-order valence-corrected chi connectivity index (χ0v) is 11.0. The number of rotatable bonds is 4. The Balaban J connectivity index is 2.51. The van der Waals surface area contributed by atoms with Crippen LogP contribution in [0.2, 0.25) is 0 Å². The molecule has 1 amide bonds. The summed E-state index contributed by atoms with van der Waals surface area (Å²) in [5, 5.41) is 3.03. The van der Waals surface area contributed by atoms with Gasteiger partial charge in [0.1, 0.15) is 0 Å². The Bertz CT molecular complexity index is 276. The fraction of sp³-hybridized carbons (Fsp3) is 0.917. The van der Waals surface area contributed by atoms with Gasteiger partial charge in [-0.05, 0) is 20.3 Å². The third kappa shape index (κ3) is 2.23. The first-order valence-electron chi connectivity index (χ1n) is 5.83. The minimum Gasteiger partial charge on any atom is -0.378 e. The molecule has 3 atom stereocenters. The standard InChI is InChI=1S/C12H24N2O2/c1-8(13)6-10(15)14-9-7-12(4,16-5)11(9,2)3/h8-9H,6-7,13H2,1-5H3,(H,14,15). The average Bonchev–Trinajstić information content (AvgIpc) is 2.15. The van der Waals surface area contributed by atoms with Crippen molar-refractivity contribution in [2.24, 2.45) is 11.1 Å². The van der Waals surface area contributed by atoms with Crippen LogP contribution >= 0.6 is 0 Å². The van der Waals surface area contributed by atoms with Crippen molar-refractivity contribution in [3.8, 4) is 0 Å². The van der Waals surface area contributed by atoms with E-state index in [4.69, 9.17) is 10.5 Å². The van der Waals surface area contributed by atoms with E-state index in [0.717, 1.165) is 6.42 Å². The summed E-state index contributed by atoms with van der Waals surface area (Å²) in [4.78, 5) is 11.6. The molecule has 1 fully saturated rings. The van der Waals surface area contributed by atoms with Crippen molar-refractivity contribution in [1.82, 2.24) is 5.32 Å². The van der Waals surface area contributed by atoms with Crippen molar-refractivity contribution in [2.45, 2.75) is 58.2 Å². The Labute approximate surface area is 97.9 Å². The first-order valence-corrected chi connectivity index (χ1v) is 5.83. The summed E-state index contributed by atoms with van der Waals surface area (Å²) in [7, 11) is 1.72. The lowest BCUT2D eigenvalue weighted by atomic mass is 9.56. The van der Waals surface area contributed by atoms with Gasteiger partial charge in [-0.25, -0.2) is 0 Å². The number of amides is 1. The molecule has 0 bridgehead atoms. The maximum atomic E-state index is 11.6. The quantitative estimate of drug-likeness (QED) is 0.755. The Kier molecular flexibility index (Phi) is 3.65. The van der Waals surface area contributed by atoms with Crippen LogP contribution in [0.5, 0.6) is 0 Å². The first-order chi connectivity index (χ1) is 7.23. The third-order valence-electron chi connectivity index (χ3n) is 4.12. The molecule has 0 saturated heterocycles. The highest BCUT2D eigenvalue weighted by Gasteiger charge is 2.58. The Morgan fingerprint density at radius 1 is 1.56 bits per heavy atom. The Morgan fingerprint density at radius 2 is 2.12 bits per heavy atom. The second kappa shape index (κ2) is 4.34. The van der Waals surface area contributed by atoms with Crippen LogP contribution in [0.3, 0.4) is 0 Å². The van der Waals surface area contributed by atoms with Gasteiger partial charge in [0.25, 0.3) is 0 Å². The maximum Gasteiger partial charge on any atom is 0.221 e. The van der Waals surface area contributed by atoms with Crippen LogP contribution in [0.15, 0.2) is 0 Å². The molecule has 4 nitrogen and oxygen atoms in total. The molecule has 0 radical (unpaired) electrons. The maximum absolute atomic E-state index is 11.6. The summed E-state index contributed by atoms with van der Waals surface area (Å²) < 4.78 is 5.51. The average molecular weight is 228 g/mol. The van der Waals surface area contributed by atoms with E-state index in [9.17, 15) is 4.79 Å². The number of hydrogen-bond donors (Lipinski definition) is 2. The molecule has 1 aliphatic rings. The van der Waals surface area contributed by atoms with Gasteiger partial charge in [0, 0.05) is 31.0 Å². The topological polar surface area (TPSA) is 64.3 Å². The number of hydrogen-bond acceptors (Lipinski definition) is 3. The van der Waals surface area contributed by atoms with Crippen molar-refractivity contribution in [3.63, 3.8) is 0 Å². The molecule has 0 spiro atoms. The Morgan fingerprint density at radius 3 is 2.50 bits per heavy atom. The third-order valence-corrected chi connectivity index (χ3v) is 4.12. The van der Waals surface area contributed by atoms with E-state index >= 15 is 0 Å². The molecule has 3 N–H and O–H groups in total.